The molecule has 2 aromatic carbocycles. The summed E-state index contributed by atoms with van der Waals surface area (Å²) in [5.41, 5.74) is 1.42. The van der Waals surface area contributed by atoms with E-state index >= 15 is 0 Å². The van der Waals surface area contributed by atoms with Gasteiger partial charge in [0.1, 0.15) is 16.9 Å². The summed E-state index contributed by atoms with van der Waals surface area (Å²) >= 11 is 12.3. The summed E-state index contributed by atoms with van der Waals surface area (Å²) in [6, 6.07) is 20.7. The Hall–Kier alpha value is -4.27. The van der Waals surface area contributed by atoms with Crippen molar-refractivity contribution < 1.29 is 14.3 Å². The quantitative estimate of drug-likeness (QED) is 0.212. The van der Waals surface area contributed by atoms with E-state index < -0.39 is 11.9 Å². The zero-order valence-electron chi connectivity index (χ0n) is 20.8. The topological polar surface area (TPSA) is 95.0 Å². The van der Waals surface area contributed by atoms with Gasteiger partial charge in [0, 0.05) is 17.8 Å². The lowest BCUT2D eigenvalue weighted by Crippen LogP contribution is -2.33. The van der Waals surface area contributed by atoms with Crippen molar-refractivity contribution in [3.63, 3.8) is 0 Å². The summed E-state index contributed by atoms with van der Waals surface area (Å²) in [5, 5.41) is 0.669. The Labute approximate surface area is 232 Å². The monoisotopic (exact) mass is 560 g/mol. The van der Waals surface area contributed by atoms with Gasteiger partial charge in [0.2, 0.25) is 0 Å². The lowest BCUT2D eigenvalue weighted by atomic mass is 10.1. The average Bonchev–Trinajstić information content (AvgIpc) is 2.93. The van der Waals surface area contributed by atoms with E-state index in [1.165, 1.54) is 28.7 Å². The fourth-order valence-corrected chi connectivity index (χ4v) is 4.76. The van der Waals surface area contributed by atoms with E-state index in [0.29, 0.717) is 17.1 Å². The Morgan fingerprint density at radius 1 is 0.974 bits per heavy atom. The van der Waals surface area contributed by atoms with E-state index in [2.05, 4.69) is 4.99 Å². The third-order valence-corrected chi connectivity index (χ3v) is 6.67. The summed E-state index contributed by atoms with van der Waals surface area (Å²) in [7, 11) is 0. The van der Waals surface area contributed by atoms with Gasteiger partial charge < -0.3 is 9.30 Å². The van der Waals surface area contributed by atoms with Crippen LogP contribution in [0.4, 0.5) is 0 Å². The normalized spacial score (nSPS) is 11.7. The maximum atomic E-state index is 13.5. The molecule has 1 amide bonds. The Morgan fingerprint density at radius 3 is 2.49 bits per heavy atom. The third-order valence-electron chi connectivity index (χ3n) is 6.12. The number of nitrogens with zero attached hydrogens (tertiary/aromatic N) is 4. The van der Waals surface area contributed by atoms with Crippen LogP contribution in [-0.2, 0) is 17.7 Å². The minimum absolute atomic E-state index is 0.0140. The molecule has 0 aliphatic carbocycles. The number of carbonyl (C=O) groups is 2. The van der Waals surface area contributed by atoms with Gasteiger partial charge in [0.15, 0.2) is 5.49 Å². The Morgan fingerprint density at radius 2 is 1.74 bits per heavy atom. The maximum Gasteiger partial charge on any atom is 0.341 e. The number of benzene rings is 2. The average molecular weight is 561 g/mol. The number of fused-ring (bicyclic) bond motifs is 2. The molecule has 0 N–H and O–H groups in total. The molecule has 10 heteroatoms. The molecule has 5 rings (SSSR count). The Balaban J connectivity index is 1.84. The van der Waals surface area contributed by atoms with Crippen molar-refractivity contribution in [2.75, 3.05) is 6.61 Å². The van der Waals surface area contributed by atoms with Crippen molar-refractivity contribution in [2.45, 2.75) is 19.9 Å². The number of rotatable bonds is 6. The van der Waals surface area contributed by atoms with Crippen LogP contribution < -0.4 is 11.0 Å². The molecule has 0 aliphatic heterocycles. The number of carbonyl (C=O) groups excluding carboxylic acids is 2. The largest absolute Gasteiger partial charge is 0.462 e. The molecule has 0 bridgehead atoms. The standard InChI is InChI=1S/C29H22Cl2N4O4/c1-2-39-29(38)22-17-21-25(32-24-10-6-7-14-34(24)28(21)37)35(15-13-18-8-4-3-5-9-18)26(22)33-27(36)20-12-11-19(30)16-23(20)31/h3-12,14,16-17H,2,13,15H2,1H3. The van der Waals surface area contributed by atoms with Crippen LogP contribution in [-0.4, -0.2) is 32.4 Å². The molecule has 0 unspecified atom stereocenters. The summed E-state index contributed by atoms with van der Waals surface area (Å²) in [6.07, 6.45) is 2.12. The van der Waals surface area contributed by atoms with Crippen molar-refractivity contribution in [1.29, 1.82) is 0 Å². The number of ether oxygens (including phenoxy) is 1. The molecular formula is C29H22Cl2N4O4. The van der Waals surface area contributed by atoms with Gasteiger partial charge in [-0.15, -0.1) is 0 Å². The Kier molecular flexibility index (Phi) is 7.58. The molecule has 0 spiro atoms. The first-order valence-corrected chi connectivity index (χ1v) is 12.9. The number of hydrogen-bond donors (Lipinski definition) is 0. The fraction of sp³-hybridized carbons (Fsp3) is 0.138. The minimum atomic E-state index is -0.723. The Bertz CT molecular complexity index is 1860. The molecule has 196 valence electrons. The van der Waals surface area contributed by atoms with Crippen LogP contribution in [0.25, 0.3) is 16.7 Å². The first-order valence-electron chi connectivity index (χ1n) is 12.2. The molecule has 0 fully saturated rings. The second-order valence-corrected chi connectivity index (χ2v) is 9.46. The van der Waals surface area contributed by atoms with Crippen LogP contribution in [0.1, 0.15) is 33.2 Å². The van der Waals surface area contributed by atoms with Gasteiger partial charge in [-0.3, -0.25) is 14.0 Å². The molecule has 3 heterocycles. The van der Waals surface area contributed by atoms with E-state index in [-0.39, 0.29) is 51.4 Å². The van der Waals surface area contributed by atoms with Crippen LogP contribution in [0.3, 0.4) is 0 Å². The van der Waals surface area contributed by atoms with Crippen molar-refractivity contribution >= 4 is 51.8 Å². The van der Waals surface area contributed by atoms with Gasteiger partial charge in [-0.2, -0.15) is 4.99 Å². The smallest absolute Gasteiger partial charge is 0.341 e. The van der Waals surface area contributed by atoms with Gasteiger partial charge in [-0.1, -0.05) is 59.6 Å². The predicted octanol–water partition coefficient (Wildman–Crippen LogP) is 5.12. The number of aromatic nitrogens is 3. The molecule has 0 aliphatic rings. The second kappa shape index (κ2) is 11.2. The van der Waals surface area contributed by atoms with E-state index in [0.717, 1.165) is 5.56 Å². The van der Waals surface area contributed by atoms with Crippen molar-refractivity contribution in [1.82, 2.24) is 14.0 Å². The van der Waals surface area contributed by atoms with Crippen LogP contribution in [0.15, 0.2) is 88.8 Å². The van der Waals surface area contributed by atoms with E-state index in [9.17, 15) is 14.4 Å². The van der Waals surface area contributed by atoms with Crippen LogP contribution in [0.2, 0.25) is 10.0 Å². The zero-order chi connectivity index (χ0) is 27.5. The minimum Gasteiger partial charge on any atom is -0.462 e. The molecule has 5 aromatic rings. The van der Waals surface area contributed by atoms with Gasteiger partial charge in [0.25, 0.3) is 11.5 Å². The summed E-state index contributed by atoms with van der Waals surface area (Å²) in [4.78, 5) is 49.1. The number of aryl methyl sites for hydroxylation is 2. The molecule has 0 saturated heterocycles. The number of esters is 1. The SMILES string of the molecule is CCOC(=O)c1cc2c(=O)n3ccccc3nc2n(CCc2ccccc2)c1=NC(=O)c1ccc(Cl)cc1Cl. The summed E-state index contributed by atoms with van der Waals surface area (Å²) < 4.78 is 8.31. The highest BCUT2D eigenvalue weighted by Crippen LogP contribution is 2.22. The van der Waals surface area contributed by atoms with E-state index in [1.54, 1.807) is 35.9 Å². The number of pyridine rings is 2. The lowest BCUT2D eigenvalue weighted by molar-refractivity contribution is 0.0523. The van der Waals surface area contributed by atoms with Crippen LogP contribution >= 0.6 is 23.2 Å². The van der Waals surface area contributed by atoms with Gasteiger partial charge in [-0.25, -0.2) is 9.78 Å². The number of halogens is 2. The maximum absolute atomic E-state index is 13.5. The molecule has 0 atom stereocenters. The number of hydrogen-bond acceptors (Lipinski definition) is 5. The highest BCUT2D eigenvalue weighted by atomic mass is 35.5. The van der Waals surface area contributed by atoms with Crippen molar-refractivity contribution in [2.24, 2.45) is 4.99 Å². The highest BCUT2D eigenvalue weighted by Gasteiger charge is 2.21. The molecule has 3 aromatic heterocycles. The van der Waals surface area contributed by atoms with Gasteiger partial charge in [-0.05, 0) is 55.3 Å². The van der Waals surface area contributed by atoms with Crippen molar-refractivity contribution in [3.8, 4) is 0 Å². The van der Waals surface area contributed by atoms with Gasteiger partial charge in [0.05, 0.1) is 22.6 Å². The van der Waals surface area contributed by atoms with E-state index in [1.807, 2.05) is 30.3 Å². The van der Waals surface area contributed by atoms with Gasteiger partial charge >= 0.3 is 5.97 Å². The lowest BCUT2D eigenvalue weighted by Gasteiger charge is -2.15. The summed E-state index contributed by atoms with van der Waals surface area (Å²) in [5.74, 6) is -1.41. The molecule has 39 heavy (non-hydrogen) atoms. The fourth-order valence-electron chi connectivity index (χ4n) is 4.27. The number of amides is 1. The highest BCUT2D eigenvalue weighted by molar-refractivity contribution is 6.36. The van der Waals surface area contributed by atoms with E-state index in [4.69, 9.17) is 32.9 Å². The molecule has 0 radical (unpaired) electrons. The molecule has 0 saturated carbocycles. The molecule has 8 nitrogen and oxygen atoms in total. The second-order valence-electron chi connectivity index (χ2n) is 8.61. The first-order chi connectivity index (χ1) is 18.9. The molecular weight excluding hydrogens is 539 g/mol. The predicted molar refractivity (Wildman–Crippen MR) is 149 cm³/mol. The van der Waals surface area contributed by atoms with Crippen LogP contribution in [0.5, 0.6) is 0 Å². The van der Waals surface area contributed by atoms with Crippen LogP contribution in [0, 0.1) is 0 Å². The summed E-state index contributed by atoms with van der Waals surface area (Å²) in [6.45, 7) is 2.03. The van der Waals surface area contributed by atoms with Crippen molar-refractivity contribution in [3.05, 3.63) is 122 Å². The third kappa shape index (κ3) is 5.34. The first kappa shape index (κ1) is 26.3. The zero-order valence-corrected chi connectivity index (χ0v) is 22.3.